The van der Waals surface area contributed by atoms with Crippen LogP contribution in [0.15, 0.2) is 42.9 Å². The summed E-state index contributed by atoms with van der Waals surface area (Å²) >= 11 is 0. The average molecular weight is 380 g/mol. The lowest BCUT2D eigenvalue weighted by Gasteiger charge is -2.40. The van der Waals surface area contributed by atoms with E-state index in [4.69, 9.17) is 5.73 Å². The fourth-order valence-corrected chi connectivity index (χ4v) is 4.35. The molecule has 7 heteroatoms. The van der Waals surface area contributed by atoms with Crippen LogP contribution < -0.4 is 15.5 Å². The van der Waals surface area contributed by atoms with E-state index < -0.39 is 5.91 Å². The van der Waals surface area contributed by atoms with Crippen molar-refractivity contribution in [2.75, 3.05) is 55.6 Å². The number of piperazine rings is 1. The van der Waals surface area contributed by atoms with E-state index in [1.165, 1.54) is 6.42 Å². The van der Waals surface area contributed by atoms with Crippen LogP contribution in [0.3, 0.4) is 0 Å². The number of piperidine rings is 1. The number of hydrogen-bond acceptors (Lipinski definition) is 6. The number of carbonyl (C=O) groups is 1. The van der Waals surface area contributed by atoms with Gasteiger partial charge in [0, 0.05) is 64.4 Å². The molecule has 0 aliphatic carbocycles. The number of nitrogens with zero attached hydrogens (tertiary/aromatic N) is 5. The topological polar surface area (TPSA) is 78.6 Å². The predicted molar refractivity (Wildman–Crippen MR) is 111 cm³/mol. The molecule has 1 atom stereocenters. The Morgan fingerprint density at radius 3 is 2.68 bits per heavy atom. The van der Waals surface area contributed by atoms with Gasteiger partial charge in [-0.05, 0) is 37.0 Å². The first kappa shape index (κ1) is 18.7. The van der Waals surface area contributed by atoms with Crippen LogP contribution in [0.2, 0.25) is 0 Å². The van der Waals surface area contributed by atoms with Gasteiger partial charge in [-0.3, -0.25) is 14.7 Å². The van der Waals surface area contributed by atoms with Crippen molar-refractivity contribution >= 4 is 17.4 Å². The number of nitrogens with two attached hydrogens (primary N) is 1. The van der Waals surface area contributed by atoms with Crippen LogP contribution in [0, 0.1) is 5.92 Å². The van der Waals surface area contributed by atoms with E-state index in [0.29, 0.717) is 11.5 Å². The lowest BCUT2D eigenvalue weighted by atomic mass is 9.96. The van der Waals surface area contributed by atoms with Crippen LogP contribution >= 0.6 is 0 Å². The second-order valence-corrected chi connectivity index (χ2v) is 7.69. The van der Waals surface area contributed by atoms with Crippen molar-refractivity contribution in [2.24, 2.45) is 11.7 Å². The summed E-state index contributed by atoms with van der Waals surface area (Å²) in [5, 5.41) is 0. The van der Waals surface area contributed by atoms with Gasteiger partial charge < -0.3 is 15.5 Å². The highest BCUT2D eigenvalue weighted by Crippen LogP contribution is 2.26. The van der Waals surface area contributed by atoms with Crippen molar-refractivity contribution < 1.29 is 4.79 Å². The molecule has 0 bridgehead atoms. The molecule has 2 fully saturated rings. The fraction of sp³-hybridized carbons (Fsp3) is 0.476. The van der Waals surface area contributed by atoms with E-state index in [1.54, 1.807) is 12.4 Å². The molecule has 1 amide bonds. The van der Waals surface area contributed by atoms with Crippen LogP contribution in [-0.4, -0.2) is 66.6 Å². The summed E-state index contributed by atoms with van der Waals surface area (Å²) < 4.78 is 0. The molecule has 0 radical (unpaired) electrons. The standard InChI is InChI=1S/C21H28N6O/c22-21(28)18-14-23-8-6-19(18)27-9-3-4-17(16-27)15-25-10-12-26(13-11-25)20-5-1-2-7-24-20/h1-2,5-8,14,17H,3-4,9-13,15-16H2,(H2,22,28). The molecule has 0 aromatic carbocycles. The Labute approximate surface area is 166 Å². The van der Waals surface area contributed by atoms with Crippen molar-refractivity contribution in [3.05, 3.63) is 48.4 Å². The molecule has 28 heavy (non-hydrogen) atoms. The van der Waals surface area contributed by atoms with E-state index >= 15 is 0 Å². The van der Waals surface area contributed by atoms with Gasteiger partial charge in [-0.25, -0.2) is 4.98 Å². The molecule has 2 aliphatic heterocycles. The number of amides is 1. The Balaban J connectivity index is 1.33. The highest BCUT2D eigenvalue weighted by atomic mass is 16.1. The summed E-state index contributed by atoms with van der Waals surface area (Å²) in [6, 6.07) is 8.00. The van der Waals surface area contributed by atoms with E-state index in [0.717, 1.165) is 63.7 Å². The monoisotopic (exact) mass is 380 g/mol. The third kappa shape index (κ3) is 4.25. The zero-order valence-corrected chi connectivity index (χ0v) is 16.2. The lowest BCUT2D eigenvalue weighted by Crippen LogP contribution is -2.50. The highest BCUT2D eigenvalue weighted by molar-refractivity contribution is 5.98. The van der Waals surface area contributed by atoms with Gasteiger partial charge in [0.2, 0.25) is 0 Å². The number of primary amides is 1. The number of aromatic nitrogens is 2. The van der Waals surface area contributed by atoms with E-state index in [-0.39, 0.29) is 0 Å². The van der Waals surface area contributed by atoms with Gasteiger partial charge in [0.05, 0.1) is 11.3 Å². The van der Waals surface area contributed by atoms with Crippen LogP contribution in [-0.2, 0) is 0 Å². The average Bonchev–Trinajstić information content (AvgIpc) is 2.75. The number of rotatable bonds is 5. The number of anilines is 2. The van der Waals surface area contributed by atoms with Gasteiger partial charge in [-0.15, -0.1) is 0 Å². The molecule has 7 nitrogen and oxygen atoms in total. The van der Waals surface area contributed by atoms with E-state index in [9.17, 15) is 4.79 Å². The zero-order chi connectivity index (χ0) is 19.3. The smallest absolute Gasteiger partial charge is 0.252 e. The van der Waals surface area contributed by atoms with Crippen LogP contribution in [0.25, 0.3) is 0 Å². The molecule has 148 valence electrons. The Morgan fingerprint density at radius 1 is 1.07 bits per heavy atom. The SMILES string of the molecule is NC(=O)c1cnccc1N1CCCC(CN2CCN(c3ccccn3)CC2)C1. The molecule has 4 heterocycles. The van der Waals surface area contributed by atoms with E-state index in [1.807, 2.05) is 24.4 Å². The maximum absolute atomic E-state index is 11.7. The van der Waals surface area contributed by atoms with Gasteiger partial charge in [-0.2, -0.15) is 0 Å². The summed E-state index contributed by atoms with van der Waals surface area (Å²) in [6.07, 6.45) is 7.55. The maximum atomic E-state index is 11.7. The molecule has 1 unspecified atom stereocenters. The van der Waals surface area contributed by atoms with Crippen LogP contribution in [0.5, 0.6) is 0 Å². The molecule has 2 saturated heterocycles. The van der Waals surface area contributed by atoms with Gasteiger partial charge in [-0.1, -0.05) is 6.07 Å². The number of pyridine rings is 2. The van der Waals surface area contributed by atoms with Crippen molar-refractivity contribution in [3.63, 3.8) is 0 Å². The van der Waals surface area contributed by atoms with Crippen LogP contribution in [0.1, 0.15) is 23.2 Å². The van der Waals surface area contributed by atoms with Crippen molar-refractivity contribution in [1.29, 1.82) is 0 Å². The Hall–Kier alpha value is -2.67. The molecule has 2 N–H and O–H groups in total. The number of hydrogen-bond donors (Lipinski definition) is 1. The first-order valence-corrected chi connectivity index (χ1v) is 10.1. The van der Waals surface area contributed by atoms with Crippen molar-refractivity contribution in [3.8, 4) is 0 Å². The second-order valence-electron chi connectivity index (χ2n) is 7.69. The molecular weight excluding hydrogens is 352 g/mol. The summed E-state index contributed by atoms with van der Waals surface area (Å²) in [5.41, 5.74) is 6.99. The quantitative estimate of drug-likeness (QED) is 0.849. The highest BCUT2D eigenvalue weighted by Gasteiger charge is 2.26. The Kier molecular flexibility index (Phi) is 5.71. The van der Waals surface area contributed by atoms with Crippen molar-refractivity contribution in [2.45, 2.75) is 12.8 Å². The van der Waals surface area contributed by atoms with Gasteiger partial charge in [0.25, 0.3) is 5.91 Å². The predicted octanol–water partition coefficient (Wildman–Crippen LogP) is 1.61. The fourth-order valence-electron chi connectivity index (χ4n) is 4.35. The van der Waals surface area contributed by atoms with Crippen molar-refractivity contribution in [1.82, 2.24) is 14.9 Å². The second kappa shape index (κ2) is 8.56. The summed E-state index contributed by atoms with van der Waals surface area (Å²) in [5.74, 6) is 1.27. The minimum absolute atomic E-state index is 0.407. The molecule has 0 spiro atoms. The largest absolute Gasteiger partial charge is 0.370 e. The molecule has 2 aromatic heterocycles. The summed E-state index contributed by atoms with van der Waals surface area (Å²) in [6.45, 7) is 7.19. The maximum Gasteiger partial charge on any atom is 0.252 e. The third-order valence-electron chi connectivity index (χ3n) is 5.79. The minimum Gasteiger partial charge on any atom is -0.370 e. The first-order chi connectivity index (χ1) is 13.7. The van der Waals surface area contributed by atoms with E-state index in [2.05, 4.69) is 30.7 Å². The van der Waals surface area contributed by atoms with Crippen LogP contribution in [0.4, 0.5) is 11.5 Å². The van der Waals surface area contributed by atoms with Gasteiger partial charge in [0.1, 0.15) is 5.82 Å². The molecule has 2 aromatic rings. The molecule has 4 rings (SSSR count). The minimum atomic E-state index is -0.407. The molecular formula is C21H28N6O. The Bertz CT molecular complexity index is 790. The van der Waals surface area contributed by atoms with Gasteiger partial charge in [0.15, 0.2) is 0 Å². The van der Waals surface area contributed by atoms with Gasteiger partial charge >= 0.3 is 0 Å². The normalized spacial score (nSPS) is 20.9. The Morgan fingerprint density at radius 2 is 1.93 bits per heavy atom. The number of carbonyl (C=O) groups excluding carboxylic acids is 1. The molecule has 2 aliphatic rings. The first-order valence-electron chi connectivity index (χ1n) is 10.1. The lowest BCUT2D eigenvalue weighted by molar-refractivity contribution is 0.1000. The summed E-state index contributed by atoms with van der Waals surface area (Å²) in [4.78, 5) is 27.5. The zero-order valence-electron chi connectivity index (χ0n) is 16.2. The molecule has 0 saturated carbocycles. The third-order valence-corrected chi connectivity index (χ3v) is 5.79. The summed E-state index contributed by atoms with van der Waals surface area (Å²) in [7, 11) is 0.